The lowest BCUT2D eigenvalue weighted by atomic mass is 10.1. The fourth-order valence-electron chi connectivity index (χ4n) is 3.41. The normalized spacial score (nSPS) is 13.5. The van der Waals surface area contributed by atoms with Crippen LogP contribution in [0, 0.1) is 0 Å². The van der Waals surface area contributed by atoms with E-state index in [0.29, 0.717) is 11.5 Å². The van der Waals surface area contributed by atoms with Crippen molar-refractivity contribution in [2.45, 2.75) is 130 Å². The Kier molecular flexibility index (Phi) is 13.8. The lowest BCUT2D eigenvalue weighted by Crippen LogP contribution is -2.46. The van der Waals surface area contributed by atoms with Crippen LogP contribution in [0.4, 0.5) is 9.59 Å². The Balaban J connectivity index is 2.92. The lowest BCUT2D eigenvalue weighted by molar-refractivity contribution is -0.158. The Hall–Kier alpha value is -3.70. The summed E-state index contributed by atoms with van der Waals surface area (Å²) < 4.78 is 33.4. The van der Waals surface area contributed by atoms with Crippen LogP contribution in [0.15, 0.2) is 24.3 Å². The van der Waals surface area contributed by atoms with Crippen molar-refractivity contribution in [2.75, 3.05) is 13.2 Å². The maximum atomic E-state index is 12.8. The molecule has 12 nitrogen and oxygen atoms in total. The van der Waals surface area contributed by atoms with Gasteiger partial charge in [0.25, 0.3) is 0 Å². The first kappa shape index (κ1) is 38.3. The topological polar surface area (TPSA) is 148 Å². The summed E-state index contributed by atoms with van der Waals surface area (Å²) in [6, 6.07) is 4.82. The van der Waals surface area contributed by atoms with E-state index in [1.54, 1.807) is 107 Å². The number of carbonyl (C=O) groups excluding carboxylic acids is 4. The highest BCUT2D eigenvalue weighted by Gasteiger charge is 2.30. The lowest BCUT2D eigenvalue weighted by Gasteiger charge is -2.26. The molecule has 0 radical (unpaired) electrons. The van der Waals surface area contributed by atoms with Gasteiger partial charge in [-0.05, 0) is 95.2 Å². The van der Waals surface area contributed by atoms with Crippen molar-refractivity contribution >= 4 is 24.1 Å². The third-order valence-corrected chi connectivity index (χ3v) is 4.94. The van der Waals surface area contributed by atoms with Crippen molar-refractivity contribution in [3.05, 3.63) is 24.3 Å². The van der Waals surface area contributed by atoms with Crippen LogP contribution < -0.4 is 20.1 Å². The molecule has 0 aromatic heterocycles. The molecule has 0 saturated heterocycles. The summed E-state index contributed by atoms with van der Waals surface area (Å²) in [5.74, 6) is -0.493. The van der Waals surface area contributed by atoms with Crippen molar-refractivity contribution < 1.29 is 47.6 Å². The molecule has 2 atom stereocenters. The van der Waals surface area contributed by atoms with Crippen LogP contribution in [-0.2, 0) is 28.5 Å². The molecule has 0 aliphatic rings. The van der Waals surface area contributed by atoms with E-state index < -0.39 is 58.6 Å². The second-order valence-electron chi connectivity index (χ2n) is 14.2. The van der Waals surface area contributed by atoms with E-state index in [9.17, 15) is 19.2 Å². The molecule has 0 saturated carbocycles. The molecule has 0 fully saturated rings. The number of esters is 2. The van der Waals surface area contributed by atoms with Gasteiger partial charge in [0, 0.05) is 12.8 Å². The minimum absolute atomic E-state index is 0.0286. The second-order valence-corrected chi connectivity index (χ2v) is 14.2. The minimum atomic E-state index is -1.02. The standard InChI is InChI=1S/C32H52N2O10/c1-29(2,3)41-25(35)21(33-27(37)43-31(7,8)9)17-19-39-23-15-13-14-16-24(23)40-20-18-22(26(36)42-30(4,5)6)34-28(38)44-32(10,11)12/h13-16,21-22H,17-20H2,1-12H3,(H,33,37)(H,34,38)/t21-,22-/m0/s1. The molecule has 0 spiro atoms. The smallest absolute Gasteiger partial charge is 0.408 e. The summed E-state index contributed by atoms with van der Waals surface area (Å²) >= 11 is 0. The molecule has 1 aromatic carbocycles. The van der Waals surface area contributed by atoms with E-state index in [2.05, 4.69) is 10.6 Å². The number of hydrogen-bond donors (Lipinski definition) is 2. The highest BCUT2D eigenvalue weighted by Crippen LogP contribution is 2.27. The molecule has 2 amide bonds. The van der Waals surface area contributed by atoms with Crippen molar-refractivity contribution in [1.29, 1.82) is 0 Å². The first-order valence-corrected chi connectivity index (χ1v) is 14.7. The molecule has 0 bridgehead atoms. The fourth-order valence-corrected chi connectivity index (χ4v) is 3.41. The first-order chi connectivity index (χ1) is 19.9. The Labute approximate surface area is 261 Å². The summed E-state index contributed by atoms with van der Waals surface area (Å²) in [5, 5.41) is 5.13. The number of carbonyl (C=O) groups is 4. The monoisotopic (exact) mass is 624 g/mol. The quantitative estimate of drug-likeness (QED) is 0.219. The Morgan fingerprint density at radius 2 is 0.841 bits per heavy atom. The van der Waals surface area contributed by atoms with Gasteiger partial charge in [0.05, 0.1) is 13.2 Å². The second kappa shape index (κ2) is 15.9. The minimum Gasteiger partial charge on any atom is -0.490 e. The molecular formula is C32H52N2O10. The van der Waals surface area contributed by atoms with E-state index in [-0.39, 0.29) is 26.1 Å². The van der Waals surface area contributed by atoms with Gasteiger partial charge in [-0.25, -0.2) is 19.2 Å². The van der Waals surface area contributed by atoms with Crippen molar-refractivity contribution in [2.24, 2.45) is 0 Å². The zero-order valence-corrected chi connectivity index (χ0v) is 28.4. The molecule has 0 aliphatic heterocycles. The molecular weight excluding hydrogens is 572 g/mol. The van der Waals surface area contributed by atoms with Gasteiger partial charge in [0.1, 0.15) is 34.5 Å². The molecule has 250 valence electrons. The van der Waals surface area contributed by atoms with Gasteiger partial charge in [0.2, 0.25) is 0 Å². The van der Waals surface area contributed by atoms with Crippen molar-refractivity contribution in [3.8, 4) is 11.5 Å². The van der Waals surface area contributed by atoms with E-state index in [0.717, 1.165) is 0 Å². The fraction of sp³-hybridized carbons (Fsp3) is 0.688. The van der Waals surface area contributed by atoms with Gasteiger partial charge in [-0.2, -0.15) is 0 Å². The molecule has 1 aromatic rings. The summed E-state index contributed by atoms with van der Waals surface area (Å²) in [4.78, 5) is 50.4. The molecule has 0 aliphatic carbocycles. The van der Waals surface area contributed by atoms with Crippen LogP contribution in [0.5, 0.6) is 11.5 Å². The third kappa shape index (κ3) is 17.4. The highest BCUT2D eigenvalue weighted by atomic mass is 16.6. The van der Waals surface area contributed by atoms with Crippen LogP contribution in [0.3, 0.4) is 0 Å². The molecule has 0 unspecified atom stereocenters. The van der Waals surface area contributed by atoms with Crippen LogP contribution in [0.25, 0.3) is 0 Å². The van der Waals surface area contributed by atoms with Gasteiger partial charge in [-0.3, -0.25) is 0 Å². The first-order valence-electron chi connectivity index (χ1n) is 14.7. The molecule has 12 heteroatoms. The average Bonchev–Trinajstić information content (AvgIpc) is 2.79. The predicted molar refractivity (Wildman–Crippen MR) is 165 cm³/mol. The van der Waals surface area contributed by atoms with Crippen LogP contribution >= 0.6 is 0 Å². The third-order valence-electron chi connectivity index (χ3n) is 4.94. The van der Waals surface area contributed by atoms with Gasteiger partial charge < -0.3 is 39.1 Å². The predicted octanol–water partition coefficient (Wildman–Crippen LogP) is 5.69. The van der Waals surface area contributed by atoms with Crippen molar-refractivity contribution in [1.82, 2.24) is 10.6 Å². The van der Waals surface area contributed by atoms with Gasteiger partial charge in [-0.1, -0.05) is 12.1 Å². The largest absolute Gasteiger partial charge is 0.490 e. The van der Waals surface area contributed by atoms with Crippen LogP contribution in [0.1, 0.15) is 95.9 Å². The van der Waals surface area contributed by atoms with E-state index >= 15 is 0 Å². The average molecular weight is 625 g/mol. The van der Waals surface area contributed by atoms with Gasteiger partial charge in [0.15, 0.2) is 11.5 Å². The van der Waals surface area contributed by atoms with Crippen LogP contribution in [0.2, 0.25) is 0 Å². The van der Waals surface area contributed by atoms with Crippen LogP contribution in [-0.4, -0.2) is 71.8 Å². The zero-order valence-electron chi connectivity index (χ0n) is 28.4. The maximum absolute atomic E-state index is 12.8. The molecule has 44 heavy (non-hydrogen) atoms. The number of hydrogen-bond acceptors (Lipinski definition) is 10. The van der Waals surface area contributed by atoms with Gasteiger partial charge >= 0.3 is 24.1 Å². The molecule has 0 heterocycles. The number of nitrogens with one attached hydrogen (secondary N) is 2. The number of para-hydroxylation sites is 2. The summed E-state index contributed by atoms with van der Waals surface area (Å²) in [6.45, 7) is 20.8. The number of amides is 2. The van der Waals surface area contributed by atoms with E-state index in [1.165, 1.54) is 0 Å². The summed E-state index contributed by atoms with van der Waals surface area (Å²) in [6.07, 6.45) is -1.33. The van der Waals surface area contributed by atoms with E-state index in [1.807, 2.05) is 0 Å². The Morgan fingerprint density at radius 1 is 0.545 bits per heavy atom. The maximum Gasteiger partial charge on any atom is 0.408 e. The number of benzene rings is 1. The highest BCUT2D eigenvalue weighted by molar-refractivity contribution is 5.82. The number of alkyl carbamates (subject to hydrolysis) is 2. The molecule has 2 N–H and O–H groups in total. The summed E-state index contributed by atoms with van der Waals surface area (Å²) in [7, 11) is 0. The molecule has 1 rings (SSSR count). The zero-order chi connectivity index (χ0) is 33.9. The Morgan fingerprint density at radius 3 is 1.11 bits per heavy atom. The number of rotatable bonds is 12. The SMILES string of the molecule is CC(C)(C)OC(=O)N[C@@H](CCOc1ccccc1OCC[C@H](NC(=O)OC(C)(C)C)C(=O)OC(C)(C)C)C(=O)OC(C)(C)C. The summed E-state index contributed by atoms with van der Waals surface area (Å²) in [5.41, 5.74) is -3.02. The Bertz CT molecular complexity index is 1020. The number of ether oxygens (including phenoxy) is 6. The van der Waals surface area contributed by atoms with Crippen molar-refractivity contribution in [3.63, 3.8) is 0 Å². The van der Waals surface area contributed by atoms with Gasteiger partial charge in [-0.15, -0.1) is 0 Å². The van der Waals surface area contributed by atoms with E-state index in [4.69, 9.17) is 28.4 Å².